The van der Waals surface area contributed by atoms with Crippen molar-refractivity contribution in [1.82, 2.24) is 9.37 Å². The maximum Gasteiger partial charge on any atom is 0.249 e. The second-order valence-electron chi connectivity index (χ2n) is 6.08. The number of amides is 1. The van der Waals surface area contributed by atoms with Gasteiger partial charge < -0.3 is 0 Å². The van der Waals surface area contributed by atoms with Crippen molar-refractivity contribution in [3.8, 4) is 6.07 Å². The fourth-order valence-corrected chi connectivity index (χ4v) is 4.62. The van der Waals surface area contributed by atoms with E-state index in [0.29, 0.717) is 44.5 Å². The summed E-state index contributed by atoms with van der Waals surface area (Å²) >= 11 is 0. The Morgan fingerprint density at radius 2 is 1.88 bits per heavy atom. The van der Waals surface area contributed by atoms with E-state index in [9.17, 15) is 13.2 Å². The maximum absolute atomic E-state index is 12.7. The minimum Gasteiger partial charge on any atom is -0.272 e. The predicted molar refractivity (Wildman–Crippen MR) is 85.0 cm³/mol. The lowest BCUT2D eigenvalue weighted by atomic mass is 9.89. The van der Waals surface area contributed by atoms with Crippen LogP contribution in [0, 0.1) is 11.3 Å². The molecule has 0 radical (unpaired) electrons. The first-order valence-electron chi connectivity index (χ1n) is 7.90. The molecule has 128 valence electrons. The lowest BCUT2D eigenvalue weighted by Gasteiger charge is -2.37. The molecule has 8 heteroatoms. The van der Waals surface area contributed by atoms with E-state index >= 15 is 0 Å². The summed E-state index contributed by atoms with van der Waals surface area (Å²) in [5.41, 5.74) is -0.145. The van der Waals surface area contributed by atoms with Crippen molar-refractivity contribution < 1.29 is 18.0 Å². The van der Waals surface area contributed by atoms with Gasteiger partial charge in [0.25, 0.3) is 0 Å². The molecule has 24 heavy (non-hydrogen) atoms. The molecule has 2 fully saturated rings. The minimum absolute atomic E-state index is 0.0408. The third kappa shape index (κ3) is 2.90. The van der Waals surface area contributed by atoms with Crippen molar-refractivity contribution in [1.29, 1.82) is 5.26 Å². The maximum atomic E-state index is 12.7. The lowest BCUT2D eigenvalue weighted by Crippen LogP contribution is -2.47. The fraction of sp³-hybridized carbons (Fsp3) is 0.500. The molecule has 0 unspecified atom stereocenters. The Balaban J connectivity index is 1.72. The van der Waals surface area contributed by atoms with Crippen LogP contribution < -0.4 is 0 Å². The SMILES string of the molecule is CCN1OC2(CCN(S(=O)(=O)c3ccc(C#N)cc3)CC2)CC1=O. The number of nitrogens with zero attached hydrogens (tertiary/aromatic N) is 3. The largest absolute Gasteiger partial charge is 0.272 e. The van der Waals surface area contributed by atoms with Gasteiger partial charge in [-0.1, -0.05) is 0 Å². The summed E-state index contributed by atoms with van der Waals surface area (Å²) in [4.78, 5) is 17.8. The van der Waals surface area contributed by atoms with E-state index in [4.69, 9.17) is 10.1 Å². The zero-order valence-electron chi connectivity index (χ0n) is 13.4. The van der Waals surface area contributed by atoms with Crippen LogP contribution in [0.5, 0.6) is 0 Å². The number of carbonyl (C=O) groups is 1. The van der Waals surface area contributed by atoms with Crippen LogP contribution >= 0.6 is 0 Å². The van der Waals surface area contributed by atoms with Gasteiger partial charge in [-0.3, -0.25) is 9.63 Å². The molecule has 7 nitrogen and oxygen atoms in total. The van der Waals surface area contributed by atoms with Gasteiger partial charge in [-0.2, -0.15) is 9.57 Å². The first kappa shape index (κ1) is 16.9. The third-order valence-corrected chi connectivity index (χ3v) is 6.51. The Morgan fingerprint density at radius 3 is 2.38 bits per heavy atom. The van der Waals surface area contributed by atoms with Gasteiger partial charge in [0.1, 0.15) is 5.60 Å². The molecule has 1 aromatic carbocycles. The highest BCUT2D eigenvalue weighted by Gasteiger charge is 2.47. The summed E-state index contributed by atoms with van der Waals surface area (Å²) in [6.45, 7) is 2.97. The second kappa shape index (κ2) is 6.16. The Bertz CT molecular complexity index is 775. The molecule has 2 saturated heterocycles. The van der Waals surface area contributed by atoms with Crippen molar-refractivity contribution >= 4 is 15.9 Å². The first-order valence-corrected chi connectivity index (χ1v) is 9.34. The summed E-state index contributed by atoms with van der Waals surface area (Å²) in [5.74, 6) is -0.0408. The second-order valence-corrected chi connectivity index (χ2v) is 8.02. The monoisotopic (exact) mass is 349 g/mol. The van der Waals surface area contributed by atoms with E-state index in [1.165, 1.54) is 33.6 Å². The Labute approximate surface area is 141 Å². The summed E-state index contributed by atoms with van der Waals surface area (Å²) in [5, 5.41) is 10.2. The molecular weight excluding hydrogens is 330 g/mol. The smallest absolute Gasteiger partial charge is 0.249 e. The average molecular weight is 349 g/mol. The van der Waals surface area contributed by atoms with E-state index < -0.39 is 15.6 Å². The summed E-state index contributed by atoms with van der Waals surface area (Å²) < 4.78 is 26.8. The zero-order chi connectivity index (χ0) is 17.4. The number of nitriles is 1. The van der Waals surface area contributed by atoms with Gasteiger partial charge in [-0.15, -0.1) is 0 Å². The molecular formula is C16H19N3O4S. The average Bonchev–Trinajstić information content (AvgIpc) is 2.90. The van der Waals surface area contributed by atoms with Crippen LogP contribution in [0.15, 0.2) is 29.2 Å². The normalized spacial score (nSPS) is 21.2. The molecule has 3 rings (SSSR count). The van der Waals surface area contributed by atoms with Gasteiger partial charge in [-0.25, -0.2) is 13.5 Å². The highest BCUT2D eigenvalue weighted by atomic mass is 32.2. The van der Waals surface area contributed by atoms with Crippen LogP contribution in [-0.4, -0.2) is 48.9 Å². The molecule has 1 amide bonds. The van der Waals surface area contributed by atoms with Crippen LogP contribution in [0.4, 0.5) is 0 Å². The molecule has 1 spiro atoms. The van der Waals surface area contributed by atoms with Crippen LogP contribution in [0.3, 0.4) is 0 Å². The number of hydrogen-bond donors (Lipinski definition) is 0. The van der Waals surface area contributed by atoms with Gasteiger partial charge in [0.05, 0.1) is 22.9 Å². The van der Waals surface area contributed by atoms with E-state index in [-0.39, 0.29) is 10.8 Å². The zero-order valence-corrected chi connectivity index (χ0v) is 14.3. The summed E-state index contributed by atoms with van der Waals surface area (Å²) in [6.07, 6.45) is 1.29. The van der Waals surface area contributed by atoms with E-state index in [2.05, 4.69) is 0 Å². The summed E-state index contributed by atoms with van der Waals surface area (Å²) in [6, 6.07) is 7.86. The molecule has 1 aromatic rings. The molecule has 2 aliphatic rings. The molecule has 2 heterocycles. The number of piperidine rings is 1. The van der Waals surface area contributed by atoms with Gasteiger partial charge in [0.15, 0.2) is 0 Å². The highest BCUT2D eigenvalue weighted by Crippen LogP contribution is 2.37. The Morgan fingerprint density at radius 1 is 1.25 bits per heavy atom. The van der Waals surface area contributed by atoms with Crippen molar-refractivity contribution in [3.05, 3.63) is 29.8 Å². The van der Waals surface area contributed by atoms with Gasteiger partial charge in [-0.05, 0) is 44.0 Å². The van der Waals surface area contributed by atoms with Crippen molar-refractivity contribution in [2.24, 2.45) is 0 Å². The summed E-state index contributed by atoms with van der Waals surface area (Å²) in [7, 11) is -3.60. The van der Waals surface area contributed by atoms with Crippen LogP contribution in [0.2, 0.25) is 0 Å². The molecule has 0 atom stereocenters. The number of hydrogen-bond acceptors (Lipinski definition) is 5. The van der Waals surface area contributed by atoms with Crippen molar-refractivity contribution in [2.75, 3.05) is 19.6 Å². The van der Waals surface area contributed by atoms with Crippen LogP contribution in [0.25, 0.3) is 0 Å². The molecule has 0 aliphatic carbocycles. The van der Waals surface area contributed by atoms with Crippen LogP contribution in [0.1, 0.15) is 31.7 Å². The van der Waals surface area contributed by atoms with Gasteiger partial charge in [0.2, 0.25) is 15.9 Å². The molecule has 0 aromatic heterocycles. The topological polar surface area (TPSA) is 90.7 Å². The lowest BCUT2D eigenvalue weighted by molar-refractivity contribution is -0.206. The van der Waals surface area contributed by atoms with Crippen molar-refractivity contribution in [2.45, 2.75) is 36.7 Å². The number of carbonyl (C=O) groups excluding carboxylic acids is 1. The molecule has 0 saturated carbocycles. The molecule has 0 N–H and O–H groups in total. The highest BCUT2D eigenvalue weighted by molar-refractivity contribution is 7.89. The molecule has 2 aliphatic heterocycles. The van der Waals surface area contributed by atoms with E-state index in [0.717, 1.165) is 0 Å². The van der Waals surface area contributed by atoms with Crippen LogP contribution in [-0.2, 0) is 19.7 Å². The standard InChI is InChI=1S/C16H19N3O4S/c1-2-19-15(20)11-16(23-19)7-9-18(10-8-16)24(21,22)14-5-3-13(12-17)4-6-14/h3-6H,2,7-11H2,1H3. The quantitative estimate of drug-likeness (QED) is 0.819. The molecule has 0 bridgehead atoms. The van der Waals surface area contributed by atoms with E-state index in [1.807, 2.05) is 13.0 Å². The third-order valence-electron chi connectivity index (χ3n) is 4.60. The first-order chi connectivity index (χ1) is 11.4. The Hall–Kier alpha value is -1.95. The number of benzene rings is 1. The predicted octanol–water partition coefficient (Wildman–Crippen LogP) is 1.27. The Kier molecular flexibility index (Phi) is 4.34. The van der Waals surface area contributed by atoms with Gasteiger partial charge >= 0.3 is 0 Å². The number of hydroxylamine groups is 2. The number of sulfonamides is 1. The van der Waals surface area contributed by atoms with E-state index in [1.54, 1.807) is 0 Å². The fourth-order valence-electron chi connectivity index (χ4n) is 3.17. The number of rotatable bonds is 3. The van der Waals surface area contributed by atoms with Crippen molar-refractivity contribution in [3.63, 3.8) is 0 Å². The minimum atomic E-state index is -3.60. The van der Waals surface area contributed by atoms with Gasteiger partial charge in [0, 0.05) is 19.6 Å².